The molecular formula is C18H24N2O3. The van der Waals surface area contributed by atoms with E-state index in [1.165, 1.54) is 0 Å². The van der Waals surface area contributed by atoms with Gasteiger partial charge >= 0.3 is 6.03 Å². The second kappa shape index (κ2) is 8.39. The van der Waals surface area contributed by atoms with E-state index in [-0.39, 0.29) is 12.1 Å². The van der Waals surface area contributed by atoms with Crippen molar-refractivity contribution in [2.75, 3.05) is 5.32 Å². The van der Waals surface area contributed by atoms with E-state index in [1.54, 1.807) is 6.26 Å². The molecule has 124 valence electrons. The topological polar surface area (TPSA) is 63.5 Å². The molecule has 1 heterocycles. The zero-order valence-corrected chi connectivity index (χ0v) is 13.8. The molecule has 2 amide bonds. The minimum absolute atomic E-state index is 0.120. The SMILES string of the molecule is CC(C)C(C)NC(=O)Nc1cccc(COCc2ccco2)c1. The Kier molecular flexibility index (Phi) is 6.23. The van der Waals surface area contributed by atoms with Crippen LogP contribution in [0.1, 0.15) is 32.1 Å². The van der Waals surface area contributed by atoms with E-state index in [0.717, 1.165) is 17.0 Å². The van der Waals surface area contributed by atoms with Gasteiger partial charge in [0, 0.05) is 11.7 Å². The van der Waals surface area contributed by atoms with Crippen LogP contribution in [0, 0.1) is 5.92 Å². The minimum atomic E-state index is -0.195. The Labute approximate surface area is 137 Å². The predicted molar refractivity (Wildman–Crippen MR) is 90.1 cm³/mol. The average molecular weight is 316 g/mol. The van der Waals surface area contributed by atoms with Gasteiger partial charge in [0.15, 0.2) is 0 Å². The molecule has 1 aromatic heterocycles. The fourth-order valence-electron chi connectivity index (χ4n) is 1.94. The number of urea groups is 1. The van der Waals surface area contributed by atoms with E-state index in [4.69, 9.17) is 9.15 Å². The van der Waals surface area contributed by atoms with E-state index in [0.29, 0.717) is 19.1 Å². The summed E-state index contributed by atoms with van der Waals surface area (Å²) in [6.07, 6.45) is 1.63. The van der Waals surface area contributed by atoms with Gasteiger partial charge in [-0.3, -0.25) is 0 Å². The lowest BCUT2D eigenvalue weighted by atomic mass is 10.1. The number of hydrogen-bond donors (Lipinski definition) is 2. The molecule has 23 heavy (non-hydrogen) atoms. The van der Waals surface area contributed by atoms with Crippen LogP contribution in [0.5, 0.6) is 0 Å². The van der Waals surface area contributed by atoms with Gasteiger partial charge in [0.2, 0.25) is 0 Å². The molecule has 0 saturated heterocycles. The lowest BCUT2D eigenvalue weighted by Crippen LogP contribution is -2.39. The van der Waals surface area contributed by atoms with Crippen molar-refractivity contribution in [2.45, 2.75) is 40.0 Å². The molecule has 5 nitrogen and oxygen atoms in total. The van der Waals surface area contributed by atoms with Crippen LogP contribution in [0.3, 0.4) is 0 Å². The maximum Gasteiger partial charge on any atom is 0.319 e. The van der Waals surface area contributed by atoms with Crippen molar-refractivity contribution in [3.63, 3.8) is 0 Å². The third-order valence-corrected chi connectivity index (χ3v) is 3.64. The van der Waals surface area contributed by atoms with Crippen molar-refractivity contribution >= 4 is 11.7 Å². The van der Waals surface area contributed by atoms with Crippen molar-refractivity contribution in [2.24, 2.45) is 5.92 Å². The number of hydrogen-bond acceptors (Lipinski definition) is 3. The monoisotopic (exact) mass is 316 g/mol. The molecule has 2 N–H and O–H groups in total. The molecule has 0 spiro atoms. The number of rotatable bonds is 7. The molecule has 0 saturated carbocycles. The molecule has 0 aliphatic rings. The van der Waals surface area contributed by atoms with Crippen molar-refractivity contribution in [3.05, 3.63) is 54.0 Å². The lowest BCUT2D eigenvalue weighted by molar-refractivity contribution is 0.0930. The van der Waals surface area contributed by atoms with Crippen LogP contribution in [-0.4, -0.2) is 12.1 Å². The number of carbonyl (C=O) groups is 1. The van der Waals surface area contributed by atoms with Gasteiger partial charge in [-0.05, 0) is 42.7 Å². The van der Waals surface area contributed by atoms with Crippen molar-refractivity contribution in [3.8, 4) is 0 Å². The fourth-order valence-corrected chi connectivity index (χ4v) is 1.94. The Morgan fingerprint density at radius 1 is 1.17 bits per heavy atom. The summed E-state index contributed by atoms with van der Waals surface area (Å²) in [5.41, 5.74) is 1.74. The van der Waals surface area contributed by atoms with Crippen molar-refractivity contribution in [1.29, 1.82) is 0 Å². The molecule has 0 aliphatic carbocycles. The molecule has 1 atom stereocenters. The molecule has 0 bridgehead atoms. The Morgan fingerprint density at radius 2 is 2.00 bits per heavy atom. The van der Waals surface area contributed by atoms with Gasteiger partial charge < -0.3 is 19.8 Å². The largest absolute Gasteiger partial charge is 0.467 e. The van der Waals surface area contributed by atoms with Gasteiger partial charge in [-0.1, -0.05) is 26.0 Å². The predicted octanol–water partition coefficient (Wildman–Crippen LogP) is 4.16. The fraction of sp³-hybridized carbons (Fsp3) is 0.389. The number of benzene rings is 1. The summed E-state index contributed by atoms with van der Waals surface area (Å²) in [5.74, 6) is 1.18. The third kappa shape index (κ3) is 5.79. The number of furan rings is 1. The van der Waals surface area contributed by atoms with E-state index >= 15 is 0 Å². The summed E-state index contributed by atoms with van der Waals surface area (Å²) in [7, 11) is 0. The minimum Gasteiger partial charge on any atom is -0.467 e. The second-order valence-electron chi connectivity index (χ2n) is 5.90. The maximum absolute atomic E-state index is 11.9. The molecule has 0 fully saturated rings. The molecule has 1 unspecified atom stereocenters. The first kappa shape index (κ1) is 17.1. The highest BCUT2D eigenvalue weighted by molar-refractivity contribution is 5.89. The highest BCUT2D eigenvalue weighted by Crippen LogP contribution is 2.13. The Morgan fingerprint density at radius 3 is 2.70 bits per heavy atom. The van der Waals surface area contributed by atoms with Crippen molar-refractivity contribution in [1.82, 2.24) is 5.32 Å². The van der Waals surface area contributed by atoms with Crippen LogP contribution >= 0.6 is 0 Å². The first-order chi connectivity index (χ1) is 11.0. The number of carbonyl (C=O) groups excluding carboxylic acids is 1. The first-order valence-electron chi connectivity index (χ1n) is 7.81. The van der Waals surface area contributed by atoms with Crippen LogP contribution in [0.15, 0.2) is 47.1 Å². The average Bonchev–Trinajstić information content (AvgIpc) is 3.00. The Hall–Kier alpha value is -2.27. The van der Waals surface area contributed by atoms with Crippen LogP contribution < -0.4 is 10.6 Å². The molecular weight excluding hydrogens is 292 g/mol. The van der Waals surface area contributed by atoms with Crippen LogP contribution in [0.4, 0.5) is 10.5 Å². The van der Waals surface area contributed by atoms with E-state index in [1.807, 2.05) is 43.3 Å². The van der Waals surface area contributed by atoms with Gasteiger partial charge in [-0.25, -0.2) is 4.79 Å². The van der Waals surface area contributed by atoms with E-state index in [9.17, 15) is 4.79 Å². The highest BCUT2D eigenvalue weighted by atomic mass is 16.5. The quantitative estimate of drug-likeness (QED) is 0.806. The summed E-state index contributed by atoms with van der Waals surface area (Å²) >= 11 is 0. The summed E-state index contributed by atoms with van der Waals surface area (Å²) < 4.78 is 10.8. The summed E-state index contributed by atoms with van der Waals surface area (Å²) in [6, 6.07) is 11.2. The molecule has 0 aliphatic heterocycles. The van der Waals surface area contributed by atoms with Gasteiger partial charge in [-0.2, -0.15) is 0 Å². The Balaban J connectivity index is 1.83. The number of amides is 2. The smallest absolute Gasteiger partial charge is 0.319 e. The zero-order valence-electron chi connectivity index (χ0n) is 13.8. The molecule has 1 aromatic carbocycles. The highest BCUT2D eigenvalue weighted by Gasteiger charge is 2.10. The third-order valence-electron chi connectivity index (χ3n) is 3.64. The first-order valence-corrected chi connectivity index (χ1v) is 7.81. The van der Waals surface area contributed by atoms with Gasteiger partial charge in [0.05, 0.1) is 12.9 Å². The zero-order chi connectivity index (χ0) is 16.7. The Bertz CT molecular complexity index is 608. The molecule has 5 heteroatoms. The number of nitrogens with one attached hydrogen (secondary N) is 2. The second-order valence-corrected chi connectivity index (χ2v) is 5.90. The molecule has 0 radical (unpaired) electrons. The summed E-state index contributed by atoms with van der Waals surface area (Å²) in [5, 5.41) is 5.76. The lowest BCUT2D eigenvalue weighted by Gasteiger charge is -2.18. The molecule has 2 aromatic rings. The van der Waals surface area contributed by atoms with Gasteiger partial charge in [0.1, 0.15) is 12.4 Å². The van der Waals surface area contributed by atoms with Crippen LogP contribution in [0.2, 0.25) is 0 Å². The number of ether oxygens (including phenoxy) is 1. The van der Waals surface area contributed by atoms with Crippen LogP contribution in [0.25, 0.3) is 0 Å². The maximum atomic E-state index is 11.9. The van der Waals surface area contributed by atoms with Gasteiger partial charge in [-0.15, -0.1) is 0 Å². The van der Waals surface area contributed by atoms with Gasteiger partial charge in [0.25, 0.3) is 0 Å². The summed E-state index contributed by atoms with van der Waals surface area (Å²) in [4.78, 5) is 11.9. The normalized spacial score (nSPS) is 12.2. The summed E-state index contributed by atoms with van der Waals surface area (Å²) in [6.45, 7) is 7.02. The van der Waals surface area contributed by atoms with Crippen molar-refractivity contribution < 1.29 is 13.9 Å². The molecule has 2 rings (SSSR count). The van der Waals surface area contributed by atoms with E-state index in [2.05, 4.69) is 24.5 Å². The van der Waals surface area contributed by atoms with Crippen LogP contribution in [-0.2, 0) is 18.0 Å². The number of anilines is 1. The standard InChI is InChI=1S/C18H24N2O3/c1-13(2)14(3)19-18(21)20-16-7-4-6-15(10-16)11-22-12-17-8-5-9-23-17/h4-10,13-14H,11-12H2,1-3H3,(H2,19,20,21). The van der Waals surface area contributed by atoms with E-state index < -0.39 is 0 Å².